The Morgan fingerprint density at radius 3 is 2.71 bits per heavy atom. The summed E-state index contributed by atoms with van der Waals surface area (Å²) in [5.74, 6) is 0.766. The molecule has 1 saturated carbocycles. The van der Waals surface area contributed by atoms with E-state index in [1.165, 1.54) is 6.42 Å². The average molecular weight is 240 g/mol. The lowest BCUT2D eigenvalue weighted by Crippen LogP contribution is -2.57. The second-order valence-electron chi connectivity index (χ2n) is 5.60. The van der Waals surface area contributed by atoms with Crippen LogP contribution in [0.1, 0.15) is 59.3 Å². The maximum atomic E-state index is 12.5. The topological polar surface area (TPSA) is 46.3 Å². The van der Waals surface area contributed by atoms with Crippen LogP contribution < -0.4 is 5.73 Å². The number of nitrogens with two attached hydrogens (primary N) is 1. The maximum Gasteiger partial charge on any atom is 0.242 e. The van der Waals surface area contributed by atoms with Crippen molar-refractivity contribution in [3.05, 3.63) is 0 Å². The van der Waals surface area contributed by atoms with Crippen LogP contribution in [0.4, 0.5) is 0 Å². The van der Waals surface area contributed by atoms with Gasteiger partial charge in [0.1, 0.15) is 0 Å². The summed E-state index contributed by atoms with van der Waals surface area (Å²) in [6.07, 6.45) is 6.22. The molecule has 1 amide bonds. The summed E-state index contributed by atoms with van der Waals surface area (Å²) < 4.78 is 0. The van der Waals surface area contributed by atoms with Gasteiger partial charge in [-0.3, -0.25) is 4.79 Å². The second-order valence-corrected chi connectivity index (χ2v) is 5.60. The molecule has 0 heterocycles. The van der Waals surface area contributed by atoms with E-state index in [0.717, 1.165) is 45.2 Å². The quantitative estimate of drug-likeness (QED) is 0.802. The third-order valence-electron chi connectivity index (χ3n) is 3.91. The highest BCUT2D eigenvalue weighted by atomic mass is 16.2. The first-order valence-electron chi connectivity index (χ1n) is 7.11. The molecule has 0 aliphatic heterocycles. The maximum absolute atomic E-state index is 12.5. The van der Waals surface area contributed by atoms with Crippen LogP contribution in [0.15, 0.2) is 0 Å². The molecule has 0 saturated heterocycles. The fourth-order valence-corrected chi connectivity index (χ4v) is 2.85. The number of hydrogen-bond acceptors (Lipinski definition) is 2. The monoisotopic (exact) mass is 240 g/mol. The lowest BCUT2D eigenvalue weighted by Gasteiger charge is -2.39. The van der Waals surface area contributed by atoms with Gasteiger partial charge in [-0.2, -0.15) is 0 Å². The van der Waals surface area contributed by atoms with Gasteiger partial charge >= 0.3 is 0 Å². The van der Waals surface area contributed by atoms with Crippen molar-refractivity contribution >= 4 is 5.91 Å². The van der Waals surface area contributed by atoms with Crippen molar-refractivity contribution in [3.8, 4) is 0 Å². The van der Waals surface area contributed by atoms with Crippen molar-refractivity contribution in [1.29, 1.82) is 0 Å². The molecule has 100 valence electrons. The molecule has 2 unspecified atom stereocenters. The van der Waals surface area contributed by atoms with Gasteiger partial charge in [0.05, 0.1) is 5.54 Å². The summed E-state index contributed by atoms with van der Waals surface area (Å²) in [4.78, 5) is 14.4. The van der Waals surface area contributed by atoms with Crippen LogP contribution in [0.25, 0.3) is 0 Å². The number of rotatable bonds is 5. The summed E-state index contributed by atoms with van der Waals surface area (Å²) >= 11 is 0. The Labute approximate surface area is 106 Å². The highest BCUT2D eigenvalue weighted by molar-refractivity contribution is 5.86. The van der Waals surface area contributed by atoms with Gasteiger partial charge in [0.25, 0.3) is 0 Å². The Kier molecular flexibility index (Phi) is 5.44. The van der Waals surface area contributed by atoms with E-state index in [1.54, 1.807) is 0 Å². The van der Waals surface area contributed by atoms with E-state index in [-0.39, 0.29) is 5.91 Å². The van der Waals surface area contributed by atoms with Crippen LogP contribution in [0, 0.1) is 5.92 Å². The molecule has 1 aliphatic rings. The molecule has 3 nitrogen and oxygen atoms in total. The van der Waals surface area contributed by atoms with Crippen molar-refractivity contribution in [2.24, 2.45) is 11.7 Å². The molecule has 0 bridgehead atoms. The van der Waals surface area contributed by atoms with Gasteiger partial charge in [-0.1, -0.05) is 33.1 Å². The summed E-state index contributed by atoms with van der Waals surface area (Å²) in [5.41, 5.74) is 5.77. The fraction of sp³-hybridized carbons (Fsp3) is 0.929. The zero-order valence-electron chi connectivity index (χ0n) is 11.7. The smallest absolute Gasteiger partial charge is 0.242 e. The van der Waals surface area contributed by atoms with E-state index >= 15 is 0 Å². The summed E-state index contributed by atoms with van der Waals surface area (Å²) in [6, 6.07) is 0. The predicted octanol–water partition coefficient (Wildman–Crippen LogP) is 2.54. The lowest BCUT2D eigenvalue weighted by atomic mass is 9.76. The minimum atomic E-state index is -0.582. The molecule has 3 heteroatoms. The van der Waals surface area contributed by atoms with Crippen molar-refractivity contribution in [3.63, 3.8) is 0 Å². The predicted molar refractivity (Wildman–Crippen MR) is 71.7 cm³/mol. The van der Waals surface area contributed by atoms with Gasteiger partial charge in [-0.15, -0.1) is 0 Å². The Morgan fingerprint density at radius 1 is 1.47 bits per heavy atom. The molecule has 2 N–H and O–H groups in total. The summed E-state index contributed by atoms with van der Waals surface area (Å²) in [7, 11) is 0. The number of hydrogen-bond donors (Lipinski definition) is 1. The first-order valence-corrected chi connectivity index (χ1v) is 7.11. The first kappa shape index (κ1) is 14.5. The Morgan fingerprint density at radius 2 is 2.18 bits per heavy atom. The van der Waals surface area contributed by atoms with Crippen molar-refractivity contribution in [2.45, 2.75) is 64.8 Å². The zero-order valence-corrected chi connectivity index (χ0v) is 11.7. The van der Waals surface area contributed by atoms with E-state index in [0.29, 0.717) is 5.92 Å². The van der Waals surface area contributed by atoms with Gasteiger partial charge in [-0.25, -0.2) is 0 Å². The van der Waals surface area contributed by atoms with Crippen LogP contribution >= 0.6 is 0 Å². The Bertz CT molecular complexity index is 255. The Balaban J connectivity index is 2.64. The zero-order chi connectivity index (χ0) is 12.9. The molecule has 2 atom stereocenters. The second kappa shape index (κ2) is 6.39. The SMILES string of the molecule is CCCCN(CC)C(=O)C1(N)CCCC(C)C1. The van der Waals surface area contributed by atoms with Gasteiger partial charge < -0.3 is 10.6 Å². The molecule has 0 aromatic carbocycles. The largest absolute Gasteiger partial charge is 0.341 e. The highest BCUT2D eigenvalue weighted by Crippen LogP contribution is 2.31. The van der Waals surface area contributed by atoms with E-state index in [2.05, 4.69) is 13.8 Å². The molecule has 0 radical (unpaired) electrons. The van der Waals surface area contributed by atoms with Gasteiger partial charge in [0.2, 0.25) is 5.91 Å². The normalized spacial score (nSPS) is 29.1. The molecule has 1 rings (SSSR count). The molecule has 1 aliphatic carbocycles. The van der Waals surface area contributed by atoms with Crippen LogP contribution in [0.5, 0.6) is 0 Å². The minimum absolute atomic E-state index is 0.181. The number of unbranched alkanes of at least 4 members (excludes halogenated alkanes) is 1. The summed E-state index contributed by atoms with van der Waals surface area (Å²) in [5, 5.41) is 0. The van der Waals surface area contributed by atoms with Crippen LogP contribution in [-0.4, -0.2) is 29.4 Å². The molecule has 0 aromatic heterocycles. The van der Waals surface area contributed by atoms with Gasteiger partial charge in [-0.05, 0) is 32.1 Å². The van der Waals surface area contributed by atoms with E-state index in [4.69, 9.17) is 5.73 Å². The number of likely N-dealkylation sites (N-methyl/N-ethyl adjacent to an activating group) is 1. The average Bonchev–Trinajstić information content (AvgIpc) is 2.29. The molecule has 0 aromatic rings. The third-order valence-corrected chi connectivity index (χ3v) is 3.91. The minimum Gasteiger partial charge on any atom is -0.341 e. The number of carbonyl (C=O) groups is 1. The molecule has 1 fully saturated rings. The molecule has 0 spiro atoms. The van der Waals surface area contributed by atoms with Crippen molar-refractivity contribution < 1.29 is 4.79 Å². The van der Waals surface area contributed by atoms with Gasteiger partial charge in [0, 0.05) is 13.1 Å². The fourth-order valence-electron chi connectivity index (χ4n) is 2.85. The lowest BCUT2D eigenvalue weighted by molar-refractivity contribution is -0.138. The third kappa shape index (κ3) is 3.70. The highest BCUT2D eigenvalue weighted by Gasteiger charge is 2.39. The number of carbonyl (C=O) groups excluding carboxylic acids is 1. The molecular weight excluding hydrogens is 212 g/mol. The Hall–Kier alpha value is -0.570. The van der Waals surface area contributed by atoms with Crippen LogP contribution in [-0.2, 0) is 4.79 Å². The van der Waals surface area contributed by atoms with E-state index in [1.807, 2.05) is 11.8 Å². The van der Waals surface area contributed by atoms with Crippen LogP contribution in [0.2, 0.25) is 0 Å². The molecular formula is C14H28N2O. The standard InChI is InChI=1S/C14H28N2O/c1-4-6-10-16(5-2)13(17)14(15)9-7-8-12(3)11-14/h12H,4-11,15H2,1-3H3. The summed E-state index contributed by atoms with van der Waals surface area (Å²) in [6.45, 7) is 8.05. The van der Waals surface area contributed by atoms with Gasteiger partial charge in [0.15, 0.2) is 0 Å². The first-order chi connectivity index (χ1) is 8.03. The number of nitrogens with zero attached hydrogens (tertiary/aromatic N) is 1. The van der Waals surface area contributed by atoms with Crippen molar-refractivity contribution in [2.75, 3.05) is 13.1 Å². The van der Waals surface area contributed by atoms with E-state index in [9.17, 15) is 4.79 Å². The molecule has 17 heavy (non-hydrogen) atoms. The van der Waals surface area contributed by atoms with Crippen LogP contribution in [0.3, 0.4) is 0 Å². The van der Waals surface area contributed by atoms with E-state index < -0.39 is 5.54 Å². The number of amides is 1. The van der Waals surface area contributed by atoms with Crippen molar-refractivity contribution in [1.82, 2.24) is 4.90 Å².